The van der Waals surface area contributed by atoms with Gasteiger partial charge in [-0.05, 0) is 19.3 Å². The first-order valence-corrected chi connectivity index (χ1v) is 8.60. The van der Waals surface area contributed by atoms with Crippen LogP contribution in [0.3, 0.4) is 0 Å². The molecular weight excluding hydrogens is 292 g/mol. The van der Waals surface area contributed by atoms with Crippen LogP contribution >= 0.6 is 0 Å². The molecule has 0 bridgehead atoms. The summed E-state index contributed by atoms with van der Waals surface area (Å²) in [6.07, 6.45) is 6.27. The first kappa shape index (κ1) is 16.0. The Kier molecular flexibility index (Phi) is 5.00. The van der Waals surface area contributed by atoms with Gasteiger partial charge in [-0.3, -0.25) is 9.48 Å². The topological polar surface area (TPSA) is 84.3 Å². The number of rotatable bonds is 5. The largest absolute Gasteiger partial charge is 0.356 e. The predicted molar refractivity (Wildman–Crippen MR) is 78.0 cm³/mol. The Bertz CT molecular complexity index is 596. The molecule has 118 valence electrons. The minimum absolute atomic E-state index is 0.0594. The summed E-state index contributed by atoms with van der Waals surface area (Å²) in [5, 5.41) is 6.67. The Morgan fingerprint density at radius 1 is 1.48 bits per heavy atom. The standard InChI is InChI=1S/C13H22N4O3S/c1-11(18)14-7-6-12-5-3-4-8-17(12)21(19,20)13-9-15-16(2)10-13/h9-10,12H,3-8H2,1-2H3,(H,14,18)/t12-/m0/s1. The van der Waals surface area contributed by atoms with Crippen molar-refractivity contribution in [3.05, 3.63) is 12.4 Å². The van der Waals surface area contributed by atoms with Crippen molar-refractivity contribution < 1.29 is 13.2 Å². The molecule has 1 atom stereocenters. The number of sulfonamides is 1. The zero-order chi connectivity index (χ0) is 15.5. The molecular formula is C13H22N4O3S. The third-order valence-electron chi connectivity index (χ3n) is 3.71. The minimum Gasteiger partial charge on any atom is -0.356 e. The van der Waals surface area contributed by atoms with Crippen LogP contribution < -0.4 is 5.32 Å². The van der Waals surface area contributed by atoms with Gasteiger partial charge in [-0.1, -0.05) is 6.42 Å². The third-order valence-corrected chi connectivity index (χ3v) is 5.62. The highest BCUT2D eigenvalue weighted by atomic mass is 32.2. The summed E-state index contributed by atoms with van der Waals surface area (Å²) >= 11 is 0. The molecule has 0 saturated carbocycles. The van der Waals surface area contributed by atoms with Crippen molar-refractivity contribution in [3.8, 4) is 0 Å². The molecule has 7 nitrogen and oxygen atoms in total. The number of amides is 1. The van der Waals surface area contributed by atoms with Gasteiger partial charge in [0, 0.05) is 39.3 Å². The molecule has 0 aliphatic carbocycles. The molecule has 2 heterocycles. The van der Waals surface area contributed by atoms with Gasteiger partial charge in [-0.2, -0.15) is 9.40 Å². The highest BCUT2D eigenvalue weighted by Gasteiger charge is 2.33. The summed E-state index contributed by atoms with van der Waals surface area (Å²) in [4.78, 5) is 11.2. The van der Waals surface area contributed by atoms with Crippen molar-refractivity contribution in [1.82, 2.24) is 19.4 Å². The van der Waals surface area contributed by atoms with E-state index in [4.69, 9.17) is 0 Å². The fraction of sp³-hybridized carbons (Fsp3) is 0.692. The van der Waals surface area contributed by atoms with E-state index < -0.39 is 10.0 Å². The third kappa shape index (κ3) is 3.82. The van der Waals surface area contributed by atoms with E-state index in [0.29, 0.717) is 19.5 Å². The van der Waals surface area contributed by atoms with Crippen LogP contribution in [-0.4, -0.2) is 47.5 Å². The number of carbonyl (C=O) groups excluding carboxylic acids is 1. The van der Waals surface area contributed by atoms with Crippen molar-refractivity contribution in [2.45, 2.75) is 43.5 Å². The number of piperidine rings is 1. The van der Waals surface area contributed by atoms with Gasteiger partial charge in [-0.25, -0.2) is 8.42 Å². The van der Waals surface area contributed by atoms with Crippen molar-refractivity contribution in [3.63, 3.8) is 0 Å². The maximum absolute atomic E-state index is 12.7. The quantitative estimate of drug-likeness (QED) is 0.857. The highest BCUT2D eigenvalue weighted by Crippen LogP contribution is 2.26. The summed E-state index contributed by atoms with van der Waals surface area (Å²) in [6.45, 7) is 2.49. The minimum atomic E-state index is -3.50. The second-order valence-corrected chi connectivity index (χ2v) is 7.28. The summed E-state index contributed by atoms with van der Waals surface area (Å²) in [7, 11) is -1.81. The van der Waals surface area contributed by atoms with Gasteiger partial charge >= 0.3 is 0 Å². The summed E-state index contributed by atoms with van der Waals surface area (Å²) < 4.78 is 28.4. The van der Waals surface area contributed by atoms with Crippen molar-refractivity contribution in [2.24, 2.45) is 7.05 Å². The summed E-state index contributed by atoms with van der Waals surface area (Å²) in [5.41, 5.74) is 0. The van der Waals surface area contributed by atoms with Gasteiger partial charge < -0.3 is 5.32 Å². The van der Waals surface area contributed by atoms with Gasteiger partial charge in [0.1, 0.15) is 4.90 Å². The Balaban J connectivity index is 2.12. The second kappa shape index (κ2) is 6.57. The molecule has 1 saturated heterocycles. The normalized spacial score (nSPS) is 20.4. The molecule has 21 heavy (non-hydrogen) atoms. The maximum Gasteiger partial charge on any atom is 0.246 e. The van der Waals surface area contributed by atoms with Crippen molar-refractivity contribution >= 4 is 15.9 Å². The van der Waals surface area contributed by atoms with E-state index in [1.165, 1.54) is 24.0 Å². The van der Waals surface area contributed by atoms with E-state index in [1.54, 1.807) is 11.4 Å². The maximum atomic E-state index is 12.7. The average molecular weight is 314 g/mol. The number of hydrogen-bond donors (Lipinski definition) is 1. The van der Waals surface area contributed by atoms with Gasteiger partial charge in [0.05, 0.1) is 6.20 Å². The van der Waals surface area contributed by atoms with Crippen LogP contribution in [0.4, 0.5) is 0 Å². The van der Waals surface area contributed by atoms with Crippen LogP contribution in [-0.2, 0) is 21.9 Å². The lowest BCUT2D eigenvalue weighted by Gasteiger charge is -2.34. The molecule has 0 aromatic carbocycles. The Morgan fingerprint density at radius 2 is 2.24 bits per heavy atom. The lowest BCUT2D eigenvalue weighted by atomic mass is 10.0. The molecule has 0 unspecified atom stereocenters. The Hall–Kier alpha value is -1.41. The monoisotopic (exact) mass is 314 g/mol. The Morgan fingerprint density at radius 3 is 2.86 bits per heavy atom. The molecule has 2 rings (SSSR count). The van der Waals surface area contributed by atoms with E-state index in [-0.39, 0.29) is 16.8 Å². The van der Waals surface area contributed by atoms with Crippen LogP contribution in [0.5, 0.6) is 0 Å². The van der Waals surface area contributed by atoms with Crippen molar-refractivity contribution in [2.75, 3.05) is 13.1 Å². The molecule has 0 spiro atoms. The molecule has 1 N–H and O–H groups in total. The molecule has 1 amide bonds. The van der Waals surface area contributed by atoms with Crippen molar-refractivity contribution in [1.29, 1.82) is 0 Å². The van der Waals surface area contributed by atoms with Crippen LogP contribution in [0.15, 0.2) is 17.3 Å². The van der Waals surface area contributed by atoms with E-state index in [2.05, 4.69) is 10.4 Å². The van der Waals surface area contributed by atoms with E-state index >= 15 is 0 Å². The van der Waals surface area contributed by atoms with E-state index in [9.17, 15) is 13.2 Å². The lowest BCUT2D eigenvalue weighted by molar-refractivity contribution is -0.119. The number of aromatic nitrogens is 2. The average Bonchev–Trinajstić information content (AvgIpc) is 2.86. The molecule has 0 radical (unpaired) electrons. The zero-order valence-corrected chi connectivity index (χ0v) is 13.3. The number of carbonyl (C=O) groups is 1. The van der Waals surface area contributed by atoms with Gasteiger partial charge in [0.25, 0.3) is 0 Å². The summed E-state index contributed by atoms with van der Waals surface area (Å²) in [5.74, 6) is -0.0903. The molecule has 1 aliphatic rings. The lowest BCUT2D eigenvalue weighted by Crippen LogP contribution is -2.45. The number of aryl methyl sites for hydroxylation is 1. The van der Waals surface area contributed by atoms with Gasteiger partial charge in [-0.15, -0.1) is 0 Å². The van der Waals surface area contributed by atoms with Crippen LogP contribution in [0.2, 0.25) is 0 Å². The first-order valence-electron chi connectivity index (χ1n) is 7.16. The van der Waals surface area contributed by atoms with E-state index in [1.807, 2.05) is 0 Å². The zero-order valence-electron chi connectivity index (χ0n) is 12.4. The van der Waals surface area contributed by atoms with Crippen LogP contribution in [0.25, 0.3) is 0 Å². The highest BCUT2D eigenvalue weighted by molar-refractivity contribution is 7.89. The molecule has 8 heteroatoms. The van der Waals surface area contributed by atoms with Crippen LogP contribution in [0, 0.1) is 0 Å². The molecule has 1 aromatic heterocycles. The van der Waals surface area contributed by atoms with Crippen LogP contribution in [0.1, 0.15) is 32.6 Å². The predicted octanol–water partition coefficient (Wildman–Crippen LogP) is 0.489. The smallest absolute Gasteiger partial charge is 0.246 e. The van der Waals surface area contributed by atoms with Gasteiger partial charge in [0.2, 0.25) is 15.9 Å². The molecule has 1 aromatic rings. The fourth-order valence-corrected chi connectivity index (χ4v) is 4.37. The second-order valence-electron chi connectivity index (χ2n) is 5.39. The SMILES string of the molecule is CC(=O)NCC[C@@H]1CCCCN1S(=O)(=O)c1cnn(C)c1. The number of nitrogens with one attached hydrogen (secondary N) is 1. The number of nitrogens with zero attached hydrogens (tertiary/aromatic N) is 3. The summed E-state index contributed by atoms with van der Waals surface area (Å²) in [6, 6.07) is -0.0594. The van der Waals surface area contributed by atoms with E-state index in [0.717, 1.165) is 19.3 Å². The number of hydrogen-bond acceptors (Lipinski definition) is 4. The first-order chi connectivity index (χ1) is 9.91. The fourth-order valence-electron chi connectivity index (χ4n) is 2.66. The molecule has 1 aliphatic heterocycles. The Labute approximate surface area is 125 Å². The van der Waals surface area contributed by atoms with Gasteiger partial charge in [0.15, 0.2) is 0 Å². The molecule has 1 fully saturated rings.